The zero-order chi connectivity index (χ0) is 15.7. The molecule has 1 unspecified atom stereocenters. The second-order valence-corrected chi connectivity index (χ2v) is 4.92. The molecule has 5 heteroatoms. The van der Waals surface area contributed by atoms with Crippen molar-refractivity contribution in [3.63, 3.8) is 0 Å². The van der Waals surface area contributed by atoms with Crippen LogP contribution < -0.4 is 4.74 Å². The predicted molar refractivity (Wildman–Crippen MR) is 82.1 cm³/mol. The molecule has 0 N–H and O–H groups in total. The van der Waals surface area contributed by atoms with Gasteiger partial charge in [0.2, 0.25) is 0 Å². The summed E-state index contributed by atoms with van der Waals surface area (Å²) in [6, 6.07) is 7.37. The molecule has 0 bridgehead atoms. The molecule has 118 valence electrons. The van der Waals surface area contributed by atoms with Crippen molar-refractivity contribution >= 4 is 5.78 Å². The number of benzene rings is 1. The van der Waals surface area contributed by atoms with Crippen molar-refractivity contribution in [1.29, 1.82) is 0 Å². The highest BCUT2D eigenvalue weighted by atomic mass is 16.5. The minimum Gasteiger partial charge on any atom is -0.497 e. The first-order valence-corrected chi connectivity index (χ1v) is 7.01. The Labute approximate surface area is 126 Å². The van der Waals surface area contributed by atoms with Gasteiger partial charge in [0.05, 0.1) is 26.9 Å². The maximum Gasteiger partial charge on any atom is 0.176 e. The standard InChI is InChI=1S/C16H25NO4/c1-13(12-20-3)17(8-9-19-2)11-16(18)14-6-5-7-15(10-14)21-4/h5-7,10,13H,8-9,11-12H2,1-4H3. The third-order valence-electron chi connectivity index (χ3n) is 3.35. The van der Waals surface area contributed by atoms with Crippen LogP contribution in [0.5, 0.6) is 5.75 Å². The van der Waals surface area contributed by atoms with Crippen LogP contribution in [0.2, 0.25) is 0 Å². The summed E-state index contributed by atoms with van der Waals surface area (Å²) in [5, 5.41) is 0. The van der Waals surface area contributed by atoms with Crippen LogP contribution in [0.3, 0.4) is 0 Å². The summed E-state index contributed by atoms with van der Waals surface area (Å²) in [4.78, 5) is 14.5. The first kappa shape index (κ1) is 17.6. The Bertz CT molecular complexity index is 436. The first-order valence-electron chi connectivity index (χ1n) is 7.01. The molecule has 0 spiro atoms. The quantitative estimate of drug-likeness (QED) is 0.617. The topological polar surface area (TPSA) is 48.0 Å². The van der Waals surface area contributed by atoms with Gasteiger partial charge < -0.3 is 14.2 Å². The molecule has 21 heavy (non-hydrogen) atoms. The second-order valence-electron chi connectivity index (χ2n) is 4.92. The van der Waals surface area contributed by atoms with Gasteiger partial charge in [-0.25, -0.2) is 0 Å². The molecule has 0 fully saturated rings. The Morgan fingerprint density at radius 1 is 1.24 bits per heavy atom. The average molecular weight is 295 g/mol. The summed E-state index contributed by atoms with van der Waals surface area (Å²) < 4.78 is 15.4. The lowest BCUT2D eigenvalue weighted by atomic mass is 10.1. The average Bonchev–Trinajstić information content (AvgIpc) is 2.51. The summed E-state index contributed by atoms with van der Waals surface area (Å²) in [6.45, 7) is 4.23. The van der Waals surface area contributed by atoms with Gasteiger partial charge in [-0.1, -0.05) is 12.1 Å². The minimum atomic E-state index is 0.0629. The Hall–Kier alpha value is -1.43. The van der Waals surface area contributed by atoms with Gasteiger partial charge in [0, 0.05) is 32.4 Å². The fraction of sp³-hybridized carbons (Fsp3) is 0.562. The van der Waals surface area contributed by atoms with Gasteiger partial charge in [-0.15, -0.1) is 0 Å². The molecule has 0 aliphatic heterocycles. The first-order chi connectivity index (χ1) is 10.1. The third kappa shape index (κ3) is 5.83. The summed E-state index contributed by atoms with van der Waals surface area (Å²) in [5.74, 6) is 0.752. The summed E-state index contributed by atoms with van der Waals surface area (Å²) in [7, 11) is 4.91. The fourth-order valence-electron chi connectivity index (χ4n) is 2.08. The lowest BCUT2D eigenvalue weighted by molar-refractivity contribution is 0.0651. The summed E-state index contributed by atoms with van der Waals surface area (Å²) in [5.41, 5.74) is 0.654. The van der Waals surface area contributed by atoms with Gasteiger partial charge in [0.25, 0.3) is 0 Å². The maximum absolute atomic E-state index is 12.4. The van der Waals surface area contributed by atoms with E-state index in [0.717, 1.165) is 0 Å². The van der Waals surface area contributed by atoms with E-state index in [4.69, 9.17) is 14.2 Å². The Balaban J connectivity index is 2.73. The molecular weight excluding hydrogens is 270 g/mol. The molecule has 0 aliphatic carbocycles. The van der Waals surface area contributed by atoms with E-state index < -0.39 is 0 Å². The Morgan fingerprint density at radius 2 is 2.00 bits per heavy atom. The molecule has 0 saturated carbocycles. The van der Waals surface area contributed by atoms with Gasteiger partial charge in [-0.2, -0.15) is 0 Å². The minimum absolute atomic E-state index is 0.0629. The molecule has 0 amide bonds. The van der Waals surface area contributed by atoms with E-state index in [9.17, 15) is 4.79 Å². The molecule has 0 aliphatic rings. The number of rotatable bonds is 10. The molecule has 0 radical (unpaired) electrons. The molecule has 0 heterocycles. The van der Waals surface area contributed by atoms with Crippen LogP contribution in [-0.4, -0.2) is 64.4 Å². The third-order valence-corrected chi connectivity index (χ3v) is 3.35. The monoisotopic (exact) mass is 295 g/mol. The highest BCUT2D eigenvalue weighted by molar-refractivity contribution is 5.97. The van der Waals surface area contributed by atoms with E-state index in [2.05, 4.69) is 4.90 Å². The summed E-state index contributed by atoms with van der Waals surface area (Å²) >= 11 is 0. The van der Waals surface area contributed by atoms with E-state index in [1.165, 1.54) is 0 Å². The van der Waals surface area contributed by atoms with Crippen LogP contribution in [0.25, 0.3) is 0 Å². The number of hydrogen-bond acceptors (Lipinski definition) is 5. The zero-order valence-corrected chi connectivity index (χ0v) is 13.3. The fourth-order valence-corrected chi connectivity index (χ4v) is 2.08. The van der Waals surface area contributed by atoms with Crippen molar-refractivity contribution in [2.24, 2.45) is 0 Å². The van der Waals surface area contributed by atoms with Crippen molar-refractivity contribution in [1.82, 2.24) is 4.90 Å². The van der Waals surface area contributed by atoms with Crippen molar-refractivity contribution in [2.45, 2.75) is 13.0 Å². The molecule has 0 saturated heterocycles. The zero-order valence-electron chi connectivity index (χ0n) is 13.3. The smallest absolute Gasteiger partial charge is 0.176 e. The van der Waals surface area contributed by atoms with E-state index in [0.29, 0.717) is 37.6 Å². The lowest BCUT2D eigenvalue weighted by Gasteiger charge is -2.27. The number of carbonyl (C=O) groups is 1. The van der Waals surface area contributed by atoms with Crippen LogP contribution in [0, 0.1) is 0 Å². The van der Waals surface area contributed by atoms with E-state index in [1.807, 2.05) is 19.1 Å². The highest BCUT2D eigenvalue weighted by Crippen LogP contribution is 2.14. The highest BCUT2D eigenvalue weighted by Gasteiger charge is 2.18. The molecule has 0 aromatic heterocycles. The van der Waals surface area contributed by atoms with E-state index >= 15 is 0 Å². The number of hydrogen-bond donors (Lipinski definition) is 0. The molecule has 1 rings (SSSR count). The van der Waals surface area contributed by atoms with Gasteiger partial charge >= 0.3 is 0 Å². The number of nitrogens with zero attached hydrogens (tertiary/aromatic N) is 1. The molecule has 1 aromatic carbocycles. The maximum atomic E-state index is 12.4. The van der Waals surface area contributed by atoms with Crippen molar-refractivity contribution < 1.29 is 19.0 Å². The molecule has 1 atom stereocenters. The van der Waals surface area contributed by atoms with Crippen molar-refractivity contribution in [3.8, 4) is 5.75 Å². The molecular formula is C16H25NO4. The molecule has 5 nitrogen and oxygen atoms in total. The summed E-state index contributed by atoms with van der Waals surface area (Å²) in [6.07, 6.45) is 0. The second kappa shape index (κ2) is 9.50. The number of carbonyl (C=O) groups excluding carboxylic acids is 1. The van der Waals surface area contributed by atoms with Gasteiger partial charge in [-0.05, 0) is 19.1 Å². The number of ether oxygens (including phenoxy) is 3. The van der Waals surface area contributed by atoms with E-state index in [1.54, 1.807) is 33.5 Å². The van der Waals surface area contributed by atoms with Crippen LogP contribution in [0.4, 0.5) is 0 Å². The van der Waals surface area contributed by atoms with Crippen LogP contribution in [0.1, 0.15) is 17.3 Å². The SMILES string of the molecule is COCCN(CC(=O)c1cccc(OC)c1)C(C)COC. The van der Waals surface area contributed by atoms with Gasteiger partial charge in [0.15, 0.2) is 5.78 Å². The van der Waals surface area contributed by atoms with Crippen molar-refractivity contribution in [2.75, 3.05) is 47.6 Å². The van der Waals surface area contributed by atoms with Gasteiger partial charge in [0.1, 0.15) is 5.75 Å². The normalized spacial score (nSPS) is 12.4. The number of Topliss-reactive ketones (excluding diaryl/α,β-unsaturated/α-hetero) is 1. The Morgan fingerprint density at radius 3 is 2.62 bits per heavy atom. The van der Waals surface area contributed by atoms with Crippen molar-refractivity contribution in [3.05, 3.63) is 29.8 Å². The van der Waals surface area contributed by atoms with Gasteiger partial charge in [-0.3, -0.25) is 9.69 Å². The lowest BCUT2D eigenvalue weighted by Crippen LogP contribution is -2.41. The van der Waals surface area contributed by atoms with E-state index in [-0.39, 0.29) is 11.8 Å². The molecule has 1 aromatic rings. The Kier molecular flexibility index (Phi) is 7.97. The predicted octanol–water partition coefficient (Wildman–Crippen LogP) is 1.86. The largest absolute Gasteiger partial charge is 0.497 e. The van der Waals surface area contributed by atoms with Crippen LogP contribution >= 0.6 is 0 Å². The van der Waals surface area contributed by atoms with Crippen LogP contribution in [-0.2, 0) is 9.47 Å². The number of ketones is 1. The number of methoxy groups -OCH3 is 3. The van der Waals surface area contributed by atoms with Crippen LogP contribution in [0.15, 0.2) is 24.3 Å².